The summed E-state index contributed by atoms with van der Waals surface area (Å²) >= 11 is 0. The number of hydrogen-bond acceptors (Lipinski definition) is 2. The van der Waals surface area contributed by atoms with Gasteiger partial charge in [0.1, 0.15) is 11.9 Å². The minimum atomic E-state index is -0.613. The molecule has 0 radical (unpaired) electrons. The first-order valence-corrected chi connectivity index (χ1v) is 9.90. The smallest absolute Gasteiger partial charge is 0.243 e. The number of carbonyl (C=O) groups excluding carboxylic acids is 2. The fraction of sp³-hybridized carbons (Fsp3) is 0.391. The highest BCUT2D eigenvalue weighted by Crippen LogP contribution is 2.16. The zero-order chi connectivity index (χ0) is 20.4. The fourth-order valence-corrected chi connectivity index (χ4v) is 3.06. The summed E-state index contributed by atoms with van der Waals surface area (Å²) in [5, 5.41) is 2.93. The second-order valence-electron chi connectivity index (χ2n) is 6.89. The van der Waals surface area contributed by atoms with E-state index in [1.807, 2.05) is 44.2 Å². The first-order valence-electron chi connectivity index (χ1n) is 9.90. The van der Waals surface area contributed by atoms with Crippen molar-refractivity contribution in [3.05, 3.63) is 71.5 Å². The maximum Gasteiger partial charge on any atom is 0.243 e. The highest BCUT2D eigenvalue weighted by Gasteiger charge is 2.29. The number of nitrogens with one attached hydrogen (secondary N) is 1. The van der Waals surface area contributed by atoms with Gasteiger partial charge in [-0.1, -0.05) is 56.3 Å². The maximum atomic E-state index is 13.3. The predicted molar refractivity (Wildman–Crippen MR) is 109 cm³/mol. The molecular weight excluding hydrogens is 355 g/mol. The molecule has 0 spiro atoms. The van der Waals surface area contributed by atoms with Gasteiger partial charge in [0.2, 0.25) is 11.8 Å². The summed E-state index contributed by atoms with van der Waals surface area (Å²) < 4.78 is 13.3. The number of hydrogen-bond donors (Lipinski definition) is 1. The SMILES string of the molecule is CCCNC(=O)[C@@H](Cc1ccccc1)N(Cc1ccc(F)cc1)C(=O)CCC. The van der Waals surface area contributed by atoms with Gasteiger partial charge in [-0.25, -0.2) is 4.39 Å². The van der Waals surface area contributed by atoms with E-state index in [-0.39, 0.29) is 24.2 Å². The van der Waals surface area contributed by atoms with Gasteiger partial charge in [-0.2, -0.15) is 0 Å². The van der Waals surface area contributed by atoms with Crippen LogP contribution in [0.25, 0.3) is 0 Å². The molecule has 0 saturated carbocycles. The Kier molecular flexibility index (Phi) is 8.66. The minimum absolute atomic E-state index is 0.0700. The van der Waals surface area contributed by atoms with Crippen LogP contribution in [0.3, 0.4) is 0 Å². The molecule has 5 heteroatoms. The summed E-state index contributed by atoms with van der Waals surface area (Å²) in [6.45, 7) is 4.77. The Morgan fingerprint density at radius 1 is 0.964 bits per heavy atom. The van der Waals surface area contributed by atoms with Crippen LogP contribution in [-0.2, 0) is 22.6 Å². The van der Waals surface area contributed by atoms with Crippen LogP contribution in [0.5, 0.6) is 0 Å². The molecule has 150 valence electrons. The summed E-state index contributed by atoms with van der Waals surface area (Å²) in [4.78, 5) is 27.5. The van der Waals surface area contributed by atoms with E-state index in [4.69, 9.17) is 0 Å². The third-order valence-corrected chi connectivity index (χ3v) is 4.55. The monoisotopic (exact) mass is 384 g/mol. The average Bonchev–Trinajstić information content (AvgIpc) is 2.71. The Morgan fingerprint density at radius 2 is 1.64 bits per heavy atom. The first-order chi connectivity index (χ1) is 13.5. The Morgan fingerprint density at radius 3 is 2.25 bits per heavy atom. The molecule has 2 amide bonds. The van der Waals surface area contributed by atoms with E-state index in [1.165, 1.54) is 12.1 Å². The highest BCUT2D eigenvalue weighted by molar-refractivity contribution is 5.88. The Balaban J connectivity index is 2.32. The van der Waals surface area contributed by atoms with Crippen molar-refractivity contribution in [1.29, 1.82) is 0 Å². The number of benzene rings is 2. The van der Waals surface area contributed by atoms with Crippen molar-refractivity contribution in [3.63, 3.8) is 0 Å². The standard InChI is InChI=1S/C23H29FN2O2/c1-3-8-22(27)26(17-19-11-13-20(24)14-12-19)21(23(28)25-15-4-2)16-18-9-6-5-7-10-18/h5-7,9-14,21H,3-4,8,15-17H2,1-2H3,(H,25,28)/t21-/m1/s1. The van der Waals surface area contributed by atoms with Crippen LogP contribution in [0.4, 0.5) is 4.39 Å². The van der Waals surface area contributed by atoms with Gasteiger partial charge >= 0.3 is 0 Å². The van der Waals surface area contributed by atoms with E-state index in [0.29, 0.717) is 25.8 Å². The molecule has 0 aromatic heterocycles. The van der Waals surface area contributed by atoms with Crippen LogP contribution in [0.15, 0.2) is 54.6 Å². The van der Waals surface area contributed by atoms with Crippen LogP contribution in [0, 0.1) is 5.82 Å². The van der Waals surface area contributed by atoms with Crippen molar-refractivity contribution in [2.45, 2.75) is 52.1 Å². The Hall–Kier alpha value is -2.69. The van der Waals surface area contributed by atoms with E-state index in [2.05, 4.69) is 5.32 Å². The van der Waals surface area contributed by atoms with Crippen LogP contribution in [0.2, 0.25) is 0 Å². The summed E-state index contributed by atoms with van der Waals surface area (Å²) in [7, 11) is 0. The largest absolute Gasteiger partial charge is 0.354 e. The normalized spacial score (nSPS) is 11.7. The molecule has 1 atom stereocenters. The summed E-state index contributed by atoms with van der Waals surface area (Å²) in [6.07, 6.45) is 2.33. The van der Waals surface area contributed by atoms with Gasteiger partial charge in [-0.3, -0.25) is 9.59 Å². The average molecular weight is 384 g/mol. The molecule has 0 bridgehead atoms. The zero-order valence-electron chi connectivity index (χ0n) is 16.7. The minimum Gasteiger partial charge on any atom is -0.354 e. The van der Waals surface area contributed by atoms with Crippen LogP contribution in [0.1, 0.15) is 44.2 Å². The van der Waals surface area contributed by atoms with E-state index in [1.54, 1.807) is 17.0 Å². The fourth-order valence-electron chi connectivity index (χ4n) is 3.06. The highest BCUT2D eigenvalue weighted by atomic mass is 19.1. The van der Waals surface area contributed by atoms with Crippen molar-refractivity contribution in [2.75, 3.05) is 6.54 Å². The van der Waals surface area contributed by atoms with Crippen molar-refractivity contribution < 1.29 is 14.0 Å². The van der Waals surface area contributed by atoms with Gasteiger partial charge in [0.15, 0.2) is 0 Å². The van der Waals surface area contributed by atoms with Gasteiger partial charge in [0.25, 0.3) is 0 Å². The predicted octanol–water partition coefficient (Wildman–Crippen LogP) is 4.09. The number of rotatable bonds is 10. The molecule has 2 aromatic rings. The van der Waals surface area contributed by atoms with Crippen LogP contribution >= 0.6 is 0 Å². The van der Waals surface area contributed by atoms with Gasteiger partial charge in [-0.15, -0.1) is 0 Å². The molecule has 0 aliphatic heterocycles. The van der Waals surface area contributed by atoms with Crippen LogP contribution < -0.4 is 5.32 Å². The van der Waals surface area contributed by atoms with Crippen molar-refractivity contribution in [2.24, 2.45) is 0 Å². The number of carbonyl (C=O) groups is 2. The van der Waals surface area contributed by atoms with Gasteiger partial charge < -0.3 is 10.2 Å². The summed E-state index contributed by atoms with van der Waals surface area (Å²) in [6, 6.07) is 15.1. The molecule has 0 heterocycles. The van der Waals surface area contributed by atoms with Gasteiger partial charge in [-0.05, 0) is 36.1 Å². The van der Waals surface area contributed by atoms with E-state index in [9.17, 15) is 14.0 Å². The van der Waals surface area contributed by atoms with E-state index < -0.39 is 6.04 Å². The molecule has 0 fully saturated rings. The van der Waals surface area contributed by atoms with E-state index in [0.717, 1.165) is 17.5 Å². The topological polar surface area (TPSA) is 49.4 Å². The number of nitrogens with zero attached hydrogens (tertiary/aromatic N) is 1. The molecule has 0 saturated heterocycles. The van der Waals surface area contributed by atoms with Crippen LogP contribution in [-0.4, -0.2) is 29.3 Å². The molecule has 2 rings (SSSR count). The summed E-state index contributed by atoms with van der Waals surface area (Å²) in [5.74, 6) is -0.548. The lowest BCUT2D eigenvalue weighted by Gasteiger charge is -2.31. The first kappa shape index (κ1) is 21.6. The summed E-state index contributed by atoms with van der Waals surface area (Å²) in [5.41, 5.74) is 1.79. The lowest BCUT2D eigenvalue weighted by atomic mass is 10.0. The molecule has 1 N–H and O–H groups in total. The third kappa shape index (κ3) is 6.48. The van der Waals surface area contributed by atoms with Crippen molar-refractivity contribution >= 4 is 11.8 Å². The second kappa shape index (κ2) is 11.2. The van der Waals surface area contributed by atoms with Gasteiger partial charge in [0.05, 0.1) is 0 Å². The molecule has 2 aromatic carbocycles. The third-order valence-electron chi connectivity index (χ3n) is 4.55. The molecule has 28 heavy (non-hydrogen) atoms. The maximum absolute atomic E-state index is 13.3. The molecule has 0 aliphatic rings. The zero-order valence-corrected chi connectivity index (χ0v) is 16.7. The number of amides is 2. The van der Waals surface area contributed by atoms with Crippen molar-refractivity contribution in [3.8, 4) is 0 Å². The Bertz CT molecular complexity index is 747. The lowest BCUT2D eigenvalue weighted by Crippen LogP contribution is -2.50. The van der Waals surface area contributed by atoms with Crippen molar-refractivity contribution in [1.82, 2.24) is 10.2 Å². The molecule has 0 unspecified atom stereocenters. The molecule has 4 nitrogen and oxygen atoms in total. The Labute approximate surface area is 166 Å². The molecular formula is C23H29FN2O2. The number of halogens is 1. The second-order valence-corrected chi connectivity index (χ2v) is 6.89. The van der Waals surface area contributed by atoms with E-state index >= 15 is 0 Å². The molecule has 0 aliphatic carbocycles. The van der Waals surface area contributed by atoms with Gasteiger partial charge in [0, 0.05) is 25.9 Å². The lowest BCUT2D eigenvalue weighted by molar-refractivity contribution is -0.141. The quantitative estimate of drug-likeness (QED) is 0.671.